The van der Waals surface area contributed by atoms with E-state index in [1.807, 2.05) is 0 Å². The molecular weight excluding hydrogens is 238 g/mol. The summed E-state index contributed by atoms with van der Waals surface area (Å²) in [4.78, 5) is 14.4. The molecule has 1 aliphatic rings. The molecule has 0 aromatic heterocycles. The Labute approximate surface area is 118 Å². The molecule has 0 aliphatic carbocycles. The topological polar surface area (TPSA) is 40.5 Å². The SMILES string of the molecule is CC(CC(=O)N1CCCC1CCCO)CC(C)(C)C. The number of nitrogens with zero attached hydrogens (tertiary/aromatic N) is 1. The average Bonchev–Trinajstić information content (AvgIpc) is 2.71. The summed E-state index contributed by atoms with van der Waals surface area (Å²) in [5.74, 6) is 0.767. The van der Waals surface area contributed by atoms with E-state index in [1.165, 1.54) is 0 Å². The molecule has 1 heterocycles. The Bertz CT molecular complexity index is 283. The van der Waals surface area contributed by atoms with Gasteiger partial charge in [-0.05, 0) is 43.4 Å². The first-order chi connectivity index (χ1) is 8.83. The smallest absolute Gasteiger partial charge is 0.223 e. The van der Waals surface area contributed by atoms with Crippen LogP contribution >= 0.6 is 0 Å². The summed E-state index contributed by atoms with van der Waals surface area (Å²) < 4.78 is 0. The fourth-order valence-electron chi connectivity index (χ4n) is 3.32. The monoisotopic (exact) mass is 269 g/mol. The average molecular weight is 269 g/mol. The number of aliphatic hydroxyl groups is 1. The minimum absolute atomic E-state index is 0.235. The van der Waals surface area contributed by atoms with Crippen LogP contribution in [0.4, 0.5) is 0 Å². The van der Waals surface area contributed by atoms with Crippen molar-refractivity contribution in [2.24, 2.45) is 11.3 Å². The lowest BCUT2D eigenvalue weighted by atomic mass is 9.84. The third kappa shape index (κ3) is 5.94. The number of carbonyl (C=O) groups excluding carboxylic acids is 1. The standard InChI is InChI=1S/C16H31NO2/c1-13(12-16(2,3)4)11-15(19)17-9-5-7-14(17)8-6-10-18/h13-14,18H,5-12H2,1-4H3. The van der Waals surface area contributed by atoms with Crippen LogP contribution in [0, 0.1) is 11.3 Å². The molecule has 112 valence electrons. The quantitative estimate of drug-likeness (QED) is 0.804. The molecule has 0 radical (unpaired) electrons. The van der Waals surface area contributed by atoms with E-state index < -0.39 is 0 Å². The fourth-order valence-corrected chi connectivity index (χ4v) is 3.32. The van der Waals surface area contributed by atoms with Crippen LogP contribution in [0.1, 0.15) is 66.2 Å². The van der Waals surface area contributed by atoms with Crippen LogP contribution < -0.4 is 0 Å². The van der Waals surface area contributed by atoms with Gasteiger partial charge in [0.2, 0.25) is 5.91 Å². The van der Waals surface area contributed by atoms with Crippen LogP contribution in [0.2, 0.25) is 0 Å². The van der Waals surface area contributed by atoms with Crippen LogP contribution in [-0.2, 0) is 4.79 Å². The van der Waals surface area contributed by atoms with Crippen LogP contribution in [0.25, 0.3) is 0 Å². The van der Waals surface area contributed by atoms with Crippen molar-refractivity contribution in [3.8, 4) is 0 Å². The lowest BCUT2D eigenvalue weighted by Crippen LogP contribution is -2.36. The summed E-state index contributed by atoms with van der Waals surface area (Å²) in [6, 6.07) is 0.376. The molecule has 1 rings (SSSR count). The highest BCUT2D eigenvalue weighted by Gasteiger charge is 2.29. The third-order valence-corrected chi connectivity index (χ3v) is 3.88. The summed E-state index contributed by atoms with van der Waals surface area (Å²) in [6.45, 7) is 10.0. The van der Waals surface area contributed by atoms with E-state index in [4.69, 9.17) is 5.11 Å². The van der Waals surface area contributed by atoms with Crippen molar-refractivity contribution >= 4 is 5.91 Å². The van der Waals surface area contributed by atoms with Crippen molar-refractivity contribution in [2.45, 2.75) is 72.3 Å². The molecule has 3 heteroatoms. The van der Waals surface area contributed by atoms with Crippen molar-refractivity contribution in [3.05, 3.63) is 0 Å². The molecule has 1 N–H and O–H groups in total. The molecule has 0 bridgehead atoms. The number of aliphatic hydroxyl groups excluding tert-OH is 1. The molecule has 1 aliphatic heterocycles. The Balaban J connectivity index is 2.43. The van der Waals surface area contributed by atoms with Crippen LogP contribution in [0.3, 0.4) is 0 Å². The van der Waals surface area contributed by atoms with Crippen molar-refractivity contribution in [1.29, 1.82) is 0 Å². The van der Waals surface area contributed by atoms with Crippen molar-refractivity contribution in [3.63, 3.8) is 0 Å². The molecule has 0 aromatic carbocycles. The van der Waals surface area contributed by atoms with Gasteiger partial charge in [-0.1, -0.05) is 27.7 Å². The molecule has 0 saturated carbocycles. The zero-order valence-electron chi connectivity index (χ0n) is 13.1. The van der Waals surface area contributed by atoms with Gasteiger partial charge < -0.3 is 10.0 Å². The second-order valence-corrected chi connectivity index (χ2v) is 7.32. The van der Waals surface area contributed by atoms with Gasteiger partial charge in [-0.2, -0.15) is 0 Å². The zero-order chi connectivity index (χ0) is 14.5. The molecule has 1 saturated heterocycles. The summed E-state index contributed by atoms with van der Waals surface area (Å²) in [6.07, 6.45) is 5.76. The Morgan fingerprint density at radius 1 is 1.42 bits per heavy atom. The molecule has 0 aromatic rings. The number of carbonyl (C=O) groups is 1. The molecule has 0 spiro atoms. The molecule has 2 unspecified atom stereocenters. The number of hydrogen-bond donors (Lipinski definition) is 1. The summed E-state index contributed by atoms with van der Waals surface area (Å²) >= 11 is 0. The van der Waals surface area contributed by atoms with E-state index >= 15 is 0 Å². The number of hydrogen-bond acceptors (Lipinski definition) is 2. The maximum atomic E-state index is 12.4. The molecule has 1 amide bonds. The lowest BCUT2D eigenvalue weighted by Gasteiger charge is -2.28. The highest BCUT2D eigenvalue weighted by atomic mass is 16.3. The second kappa shape index (κ2) is 7.28. The molecule has 3 nitrogen and oxygen atoms in total. The molecular formula is C16H31NO2. The van der Waals surface area contributed by atoms with Crippen molar-refractivity contribution < 1.29 is 9.90 Å². The van der Waals surface area contributed by atoms with Crippen LogP contribution in [0.5, 0.6) is 0 Å². The maximum absolute atomic E-state index is 12.4. The predicted octanol–water partition coefficient (Wildman–Crippen LogP) is 3.21. The summed E-state index contributed by atoms with van der Waals surface area (Å²) in [7, 11) is 0. The van der Waals surface area contributed by atoms with Crippen molar-refractivity contribution in [2.75, 3.05) is 13.2 Å². The summed E-state index contributed by atoms with van der Waals surface area (Å²) in [5.41, 5.74) is 0.293. The van der Waals surface area contributed by atoms with Crippen molar-refractivity contribution in [1.82, 2.24) is 4.90 Å². The van der Waals surface area contributed by atoms with Gasteiger partial charge in [-0.3, -0.25) is 4.79 Å². The van der Waals surface area contributed by atoms with Gasteiger partial charge in [-0.25, -0.2) is 0 Å². The first-order valence-corrected chi connectivity index (χ1v) is 7.74. The largest absolute Gasteiger partial charge is 0.396 e. The highest BCUT2D eigenvalue weighted by molar-refractivity contribution is 5.77. The fraction of sp³-hybridized carbons (Fsp3) is 0.938. The molecule has 19 heavy (non-hydrogen) atoms. The lowest BCUT2D eigenvalue weighted by molar-refractivity contribution is -0.133. The first-order valence-electron chi connectivity index (χ1n) is 7.74. The first kappa shape index (κ1) is 16.5. The van der Waals surface area contributed by atoms with Gasteiger partial charge in [0.25, 0.3) is 0 Å². The number of rotatable bonds is 6. The van der Waals surface area contributed by atoms with E-state index in [-0.39, 0.29) is 6.61 Å². The molecule has 2 atom stereocenters. The van der Waals surface area contributed by atoms with Gasteiger partial charge in [-0.15, -0.1) is 0 Å². The summed E-state index contributed by atoms with van der Waals surface area (Å²) in [5, 5.41) is 8.92. The Morgan fingerprint density at radius 3 is 2.68 bits per heavy atom. The van der Waals surface area contributed by atoms with Crippen LogP contribution in [-0.4, -0.2) is 35.1 Å². The van der Waals surface area contributed by atoms with Crippen LogP contribution in [0.15, 0.2) is 0 Å². The normalized spacial score (nSPS) is 21.7. The minimum atomic E-state index is 0.235. The zero-order valence-corrected chi connectivity index (χ0v) is 13.1. The Morgan fingerprint density at radius 2 is 2.11 bits per heavy atom. The number of likely N-dealkylation sites (tertiary alicyclic amines) is 1. The Kier molecular flexibility index (Phi) is 6.31. The van der Waals surface area contributed by atoms with Gasteiger partial charge in [0.05, 0.1) is 0 Å². The minimum Gasteiger partial charge on any atom is -0.396 e. The van der Waals surface area contributed by atoms with E-state index in [2.05, 4.69) is 32.6 Å². The molecule has 1 fully saturated rings. The van der Waals surface area contributed by atoms with E-state index in [0.29, 0.717) is 29.7 Å². The third-order valence-electron chi connectivity index (χ3n) is 3.88. The van der Waals surface area contributed by atoms with Gasteiger partial charge in [0.15, 0.2) is 0 Å². The van der Waals surface area contributed by atoms with E-state index in [1.54, 1.807) is 0 Å². The van der Waals surface area contributed by atoms with E-state index in [9.17, 15) is 4.79 Å². The number of amides is 1. The van der Waals surface area contributed by atoms with Gasteiger partial charge >= 0.3 is 0 Å². The van der Waals surface area contributed by atoms with E-state index in [0.717, 1.165) is 38.6 Å². The Hall–Kier alpha value is -0.570. The maximum Gasteiger partial charge on any atom is 0.223 e. The predicted molar refractivity (Wildman–Crippen MR) is 78.9 cm³/mol. The second-order valence-electron chi connectivity index (χ2n) is 7.32. The van der Waals surface area contributed by atoms with Gasteiger partial charge in [0.1, 0.15) is 0 Å². The highest BCUT2D eigenvalue weighted by Crippen LogP contribution is 2.28. The van der Waals surface area contributed by atoms with Gasteiger partial charge in [0, 0.05) is 25.6 Å².